The molecule has 1 aromatic carbocycles. The van der Waals surface area contributed by atoms with Gasteiger partial charge in [0.25, 0.3) is 0 Å². The quantitative estimate of drug-likeness (QED) is 0.415. The van der Waals surface area contributed by atoms with Crippen molar-refractivity contribution in [1.82, 2.24) is 10.3 Å². The number of carbonyl (C=O) groups is 1. The summed E-state index contributed by atoms with van der Waals surface area (Å²) in [7, 11) is 0. The lowest BCUT2D eigenvalue weighted by atomic mass is 10.0. The molecule has 3 heterocycles. The minimum absolute atomic E-state index is 0.0886. The Kier molecular flexibility index (Phi) is 6.48. The molecule has 0 unspecified atom stereocenters. The predicted octanol–water partition coefficient (Wildman–Crippen LogP) is 6.22. The number of hydrogen-bond acceptors (Lipinski definition) is 4. The molecular formula is C22H20Cl2N4OS2. The van der Waals surface area contributed by atoms with Crippen molar-refractivity contribution in [3.05, 3.63) is 74.7 Å². The number of thiocarbonyl (C=S) groups is 1. The van der Waals surface area contributed by atoms with Crippen LogP contribution in [0.1, 0.15) is 36.5 Å². The summed E-state index contributed by atoms with van der Waals surface area (Å²) in [5.74, 6) is -0.229. The van der Waals surface area contributed by atoms with E-state index >= 15 is 0 Å². The van der Waals surface area contributed by atoms with E-state index in [-0.39, 0.29) is 23.9 Å². The van der Waals surface area contributed by atoms with Crippen LogP contribution in [0.2, 0.25) is 9.36 Å². The monoisotopic (exact) mass is 490 g/mol. The number of hydrogen-bond donors (Lipinski definition) is 2. The fourth-order valence-corrected chi connectivity index (χ4v) is 5.20. The van der Waals surface area contributed by atoms with Crippen LogP contribution in [-0.2, 0) is 4.79 Å². The molecule has 0 radical (unpaired) electrons. The SMILES string of the molecule is CC(C)C(=O)Nc1ccc(N2C(=S)N[C@@H](c3ccccn3)[C@H]2c2ccc(Cl)s2)cc1Cl. The molecule has 5 nitrogen and oxygen atoms in total. The molecule has 1 amide bonds. The van der Waals surface area contributed by atoms with E-state index in [0.717, 1.165) is 16.3 Å². The average molecular weight is 491 g/mol. The van der Waals surface area contributed by atoms with E-state index in [0.29, 0.717) is 20.2 Å². The highest BCUT2D eigenvalue weighted by molar-refractivity contribution is 7.80. The smallest absolute Gasteiger partial charge is 0.226 e. The fraction of sp³-hybridized carbons (Fsp3) is 0.227. The van der Waals surface area contributed by atoms with Gasteiger partial charge in [0.2, 0.25) is 5.91 Å². The van der Waals surface area contributed by atoms with E-state index in [2.05, 4.69) is 15.6 Å². The predicted molar refractivity (Wildman–Crippen MR) is 132 cm³/mol. The molecule has 2 N–H and O–H groups in total. The van der Waals surface area contributed by atoms with Gasteiger partial charge in [0, 0.05) is 22.7 Å². The number of halogens is 2. The standard InChI is InChI=1S/C22H20Cl2N4OS2/c1-12(2)21(29)26-15-7-6-13(11-14(15)23)28-20(17-8-9-18(24)31-17)19(27-22(28)30)16-5-3-4-10-25-16/h3-12,19-20H,1-2H3,(H,26,29)(H,27,30)/t19-,20+/m0/s1. The highest BCUT2D eigenvalue weighted by atomic mass is 35.5. The van der Waals surface area contributed by atoms with Gasteiger partial charge in [0.15, 0.2) is 5.11 Å². The third-order valence-corrected chi connectivity index (χ3v) is 6.93. The Morgan fingerprint density at radius 2 is 2.03 bits per heavy atom. The zero-order valence-electron chi connectivity index (χ0n) is 16.8. The highest BCUT2D eigenvalue weighted by Gasteiger charge is 2.41. The van der Waals surface area contributed by atoms with Crippen molar-refractivity contribution in [2.75, 3.05) is 10.2 Å². The number of anilines is 2. The molecule has 1 saturated heterocycles. The molecule has 1 aliphatic rings. The number of carbonyl (C=O) groups excluding carboxylic acids is 1. The van der Waals surface area contributed by atoms with Crippen LogP contribution < -0.4 is 15.5 Å². The van der Waals surface area contributed by atoms with E-state index in [1.807, 2.05) is 61.2 Å². The van der Waals surface area contributed by atoms with E-state index in [9.17, 15) is 4.79 Å². The average Bonchev–Trinajstić information content (AvgIpc) is 3.32. The summed E-state index contributed by atoms with van der Waals surface area (Å²) in [6.07, 6.45) is 1.77. The third kappa shape index (κ3) is 4.55. The second-order valence-corrected chi connectivity index (χ2v) is 9.99. The molecule has 0 saturated carbocycles. The van der Waals surface area contributed by atoms with Crippen LogP contribution >= 0.6 is 46.8 Å². The summed E-state index contributed by atoms with van der Waals surface area (Å²) < 4.78 is 0.706. The summed E-state index contributed by atoms with van der Waals surface area (Å²) in [6.45, 7) is 3.67. The van der Waals surface area contributed by atoms with Gasteiger partial charge < -0.3 is 15.5 Å². The fourth-order valence-electron chi connectivity index (χ4n) is 3.44. The summed E-state index contributed by atoms with van der Waals surface area (Å²) >= 11 is 20.0. The van der Waals surface area contributed by atoms with Crippen molar-refractivity contribution in [3.8, 4) is 0 Å². The minimum Gasteiger partial charge on any atom is -0.351 e. The van der Waals surface area contributed by atoms with E-state index < -0.39 is 0 Å². The summed E-state index contributed by atoms with van der Waals surface area (Å²) in [4.78, 5) is 19.7. The molecule has 1 fully saturated rings. The number of benzene rings is 1. The van der Waals surface area contributed by atoms with Crippen molar-refractivity contribution in [3.63, 3.8) is 0 Å². The highest BCUT2D eigenvalue weighted by Crippen LogP contribution is 2.45. The van der Waals surface area contributed by atoms with Gasteiger partial charge >= 0.3 is 0 Å². The normalized spacial score (nSPS) is 18.4. The number of amides is 1. The van der Waals surface area contributed by atoms with Gasteiger partial charge in [-0.15, -0.1) is 11.3 Å². The molecule has 0 aliphatic carbocycles. The van der Waals surface area contributed by atoms with Gasteiger partial charge in [-0.3, -0.25) is 9.78 Å². The summed E-state index contributed by atoms with van der Waals surface area (Å²) in [5, 5.41) is 7.27. The Labute approximate surface area is 200 Å². The van der Waals surface area contributed by atoms with Crippen LogP contribution in [0.3, 0.4) is 0 Å². The third-order valence-electron chi connectivity index (χ3n) is 5.00. The number of thiophene rings is 1. The van der Waals surface area contributed by atoms with Crippen LogP contribution in [0.15, 0.2) is 54.7 Å². The minimum atomic E-state index is -0.150. The molecule has 2 aromatic heterocycles. The number of nitrogens with one attached hydrogen (secondary N) is 2. The molecular weight excluding hydrogens is 471 g/mol. The van der Waals surface area contributed by atoms with Crippen molar-refractivity contribution in [2.45, 2.75) is 25.9 Å². The Bertz CT molecular complexity index is 1120. The van der Waals surface area contributed by atoms with Gasteiger partial charge in [0.05, 0.1) is 32.8 Å². The van der Waals surface area contributed by atoms with Crippen molar-refractivity contribution >= 4 is 69.2 Å². The molecule has 160 valence electrons. The second kappa shape index (κ2) is 9.12. The zero-order chi connectivity index (χ0) is 22.1. The van der Waals surface area contributed by atoms with E-state index in [4.69, 9.17) is 35.4 Å². The molecule has 1 aliphatic heterocycles. The number of aromatic nitrogens is 1. The molecule has 0 bridgehead atoms. The molecule has 3 aromatic rings. The Morgan fingerprint density at radius 1 is 1.23 bits per heavy atom. The van der Waals surface area contributed by atoms with Gasteiger partial charge in [-0.1, -0.05) is 43.1 Å². The van der Waals surface area contributed by atoms with Crippen LogP contribution in [-0.4, -0.2) is 16.0 Å². The lowest BCUT2D eigenvalue weighted by Crippen LogP contribution is -2.29. The van der Waals surface area contributed by atoms with Gasteiger partial charge in [-0.25, -0.2) is 0 Å². The maximum atomic E-state index is 12.1. The number of rotatable bonds is 5. The maximum Gasteiger partial charge on any atom is 0.226 e. The lowest BCUT2D eigenvalue weighted by molar-refractivity contribution is -0.118. The largest absolute Gasteiger partial charge is 0.351 e. The number of nitrogens with zero attached hydrogens (tertiary/aromatic N) is 2. The van der Waals surface area contributed by atoms with Gasteiger partial charge in [0.1, 0.15) is 0 Å². The van der Waals surface area contributed by atoms with Crippen molar-refractivity contribution < 1.29 is 4.79 Å². The van der Waals surface area contributed by atoms with Crippen LogP contribution in [0.5, 0.6) is 0 Å². The first-order valence-corrected chi connectivity index (χ1v) is 11.7. The van der Waals surface area contributed by atoms with E-state index in [1.54, 1.807) is 12.3 Å². The molecule has 31 heavy (non-hydrogen) atoms. The molecule has 2 atom stereocenters. The second-order valence-electron chi connectivity index (χ2n) is 7.45. The van der Waals surface area contributed by atoms with Crippen molar-refractivity contribution in [2.24, 2.45) is 5.92 Å². The number of pyridine rings is 1. The first-order chi connectivity index (χ1) is 14.8. The van der Waals surface area contributed by atoms with Gasteiger partial charge in [-0.05, 0) is 54.7 Å². The first kappa shape index (κ1) is 22.0. The molecule has 4 rings (SSSR count). The molecule has 9 heteroatoms. The zero-order valence-corrected chi connectivity index (χ0v) is 19.9. The Hall–Kier alpha value is -2.19. The maximum absolute atomic E-state index is 12.1. The Morgan fingerprint density at radius 3 is 2.65 bits per heavy atom. The summed E-state index contributed by atoms with van der Waals surface area (Å²) in [5.41, 5.74) is 2.27. The van der Waals surface area contributed by atoms with Crippen LogP contribution in [0.25, 0.3) is 0 Å². The van der Waals surface area contributed by atoms with Crippen molar-refractivity contribution in [1.29, 1.82) is 0 Å². The Balaban J connectivity index is 1.73. The van der Waals surface area contributed by atoms with Crippen LogP contribution in [0.4, 0.5) is 11.4 Å². The van der Waals surface area contributed by atoms with E-state index in [1.165, 1.54) is 11.3 Å². The summed E-state index contributed by atoms with van der Waals surface area (Å²) in [6, 6.07) is 14.9. The lowest BCUT2D eigenvalue weighted by Gasteiger charge is -2.27. The molecule has 0 spiro atoms. The topological polar surface area (TPSA) is 57.3 Å². The van der Waals surface area contributed by atoms with Gasteiger partial charge in [-0.2, -0.15) is 0 Å². The first-order valence-electron chi connectivity index (χ1n) is 9.71. The van der Waals surface area contributed by atoms with Crippen LogP contribution in [0, 0.1) is 5.92 Å².